The third-order valence-corrected chi connectivity index (χ3v) is 6.56. The summed E-state index contributed by atoms with van der Waals surface area (Å²) >= 11 is 0. The van der Waals surface area contributed by atoms with Crippen molar-refractivity contribution in [2.24, 2.45) is 5.73 Å². The molecule has 1 aliphatic heterocycles. The van der Waals surface area contributed by atoms with Crippen molar-refractivity contribution < 1.29 is 14.0 Å². The molecule has 0 radical (unpaired) electrons. The van der Waals surface area contributed by atoms with Gasteiger partial charge >= 0.3 is 0 Å². The van der Waals surface area contributed by atoms with Gasteiger partial charge in [-0.15, -0.1) is 0 Å². The van der Waals surface area contributed by atoms with E-state index in [2.05, 4.69) is 27.2 Å². The summed E-state index contributed by atoms with van der Waals surface area (Å²) in [6, 6.07) is 3.29. The number of amides is 2. The van der Waals surface area contributed by atoms with Crippen LogP contribution in [0.4, 0.5) is 10.2 Å². The number of nitrogens with two attached hydrogens (primary N) is 1. The van der Waals surface area contributed by atoms with Crippen LogP contribution in [0, 0.1) is 17.7 Å². The second-order valence-electron chi connectivity index (χ2n) is 9.65. The number of hydrogen-bond acceptors (Lipinski definition) is 6. The number of anilines is 1. The number of likely N-dealkylation sites (N-methyl/N-ethyl adjacent to an activating group) is 1. The Labute approximate surface area is 213 Å². The van der Waals surface area contributed by atoms with Crippen LogP contribution in [0.15, 0.2) is 30.6 Å². The molecule has 192 valence electrons. The van der Waals surface area contributed by atoms with Crippen LogP contribution in [-0.4, -0.2) is 81.7 Å². The highest BCUT2D eigenvalue weighted by atomic mass is 19.1. The first-order valence-corrected chi connectivity index (χ1v) is 12.1. The lowest BCUT2D eigenvalue weighted by molar-refractivity contribution is -0.131. The van der Waals surface area contributed by atoms with E-state index in [0.29, 0.717) is 37.0 Å². The maximum absolute atomic E-state index is 14.9. The molecule has 2 aromatic heterocycles. The van der Waals surface area contributed by atoms with Gasteiger partial charge in [0.1, 0.15) is 17.2 Å². The number of nitrogens with one attached hydrogen (secondary N) is 1. The van der Waals surface area contributed by atoms with Gasteiger partial charge in [0.05, 0.1) is 29.0 Å². The second kappa shape index (κ2) is 9.71. The fraction of sp³-hybridized carbons (Fsp3) is 0.385. The van der Waals surface area contributed by atoms with Gasteiger partial charge in [0.2, 0.25) is 5.91 Å². The van der Waals surface area contributed by atoms with Crippen LogP contribution >= 0.6 is 0 Å². The number of benzene rings is 1. The number of aromatic nitrogens is 4. The zero-order valence-corrected chi connectivity index (χ0v) is 21.0. The first-order valence-electron chi connectivity index (χ1n) is 12.1. The predicted octanol–water partition coefficient (Wildman–Crippen LogP) is 1.75. The molecule has 0 unspecified atom stereocenters. The topological polar surface area (TPSA) is 114 Å². The lowest BCUT2D eigenvalue weighted by Crippen LogP contribution is -2.50. The first kappa shape index (κ1) is 24.5. The zero-order chi connectivity index (χ0) is 26.3. The highest BCUT2D eigenvalue weighted by Gasteiger charge is 2.35. The molecular formula is C26H29FN8O2. The lowest BCUT2D eigenvalue weighted by atomic mass is 10.1. The molecule has 1 aromatic carbocycles. The molecule has 0 atom stereocenters. The molecular weight excluding hydrogens is 475 g/mol. The molecule has 0 spiro atoms. The van der Waals surface area contributed by atoms with Gasteiger partial charge in [-0.05, 0) is 38.9 Å². The fourth-order valence-electron chi connectivity index (χ4n) is 4.43. The molecule has 2 fully saturated rings. The van der Waals surface area contributed by atoms with Crippen molar-refractivity contribution in [1.82, 2.24) is 29.1 Å². The summed E-state index contributed by atoms with van der Waals surface area (Å²) in [6.07, 6.45) is 7.25. The van der Waals surface area contributed by atoms with Gasteiger partial charge in [-0.25, -0.2) is 14.1 Å². The molecule has 1 aliphatic carbocycles. The molecule has 1 saturated carbocycles. The Balaban J connectivity index is 1.40. The van der Waals surface area contributed by atoms with E-state index in [-0.39, 0.29) is 28.8 Å². The third-order valence-electron chi connectivity index (χ3n) is 6.56. The Morgan fingerprint density at radius 2 is 2.00 bits per heavy atom. The molecule has 2 amide bonds. The minimum absolute atomic E-state index is 0.0820. The van der Waals surface area contributed by atoms with E-state index in [1.807, 2.05) is 29.6 Å². The molecule has 2 aliphatic rings. The maximum atomic E-state index is 14.9. The van der Waals surface area contributed by atoms with Crippen molar-refractivity contribution in [2.75, 3.05) is 46.1 Å². The summed E-state index contributed by atoms with van der Waals surface area (Å²) in [6.45, 7) is 1.54. The quantitative estimate of drug-likeness (QED) is 0.374. The molecule has 3 heterocycles. The average molecular weight is 505 g/mol. The number of rotatable bonds is 7. The average Bonchev–Trinajstić information content (AvgIpc) is 3.47. The molecule has 5 rings (SSSR count). The van der Waals surface area contributed by atoms with E-state index in [1.54, 1.807) is 35.1 Å². The number of carbonyl (C=O) groups is 2. The summed E-state index contributed by atoms with van der Waals surface area (Å²) in [5, 5.41) is 7.50. The van der Waals surface area contributed by atoms with E-state index >= 15 is 0 Å². The van der Waals surface area contributed by atoms with Crippen LogP contribution < -0.4 is 11.1 Å². The van der Waals surface area contributed by atoms with Crippen LogP contribution in [0.3, 0.4) is 0 Å². The van der Waals surface area contributed by atoms with Crippen LogP contribution in [-0.2, 0) is 4.79 Å². The van der Waals surface area contributed by atoms with Gasteiger partial charge in [-0.1, -0.05) is 12.0 Å². The van der Waals surface area contributed by atoms with E-state index in [1.165, 1.54) is 6.07 Å². The SMILES string of the molecule is CNc1c(C(N)=O)c(C#Cc2cc3ncn(C4CC4)c3cc2F)nn1C1CN(C(=O)/C=C/CN(C)C)C1. The van der Waals surface area contributed by atoms with Crippen molar-refractivity contribution in [3.8, 4) is 11.8 Å². The molecule has 0 bridgehead atoms. The Morgan fingerprint density at radius 3 is 2.65 bits per heavy atom. The van der Waals surface area contributed by atoms with Gasteiger partial charge < -0.3 is 25.4 Å². The molecule has 3 N–H and O–H groups in total. The largest absolute Gasteiger partial charge is 0.373 e. The number of hydrogen-bond donors (Lipinski definition) is 2. The van der Waals surface area contributed by atoms with Gasteiger partial charge in [0.15, 0.2) is 5.69 Å². The molecule has 11 heteroatoms. The summed E-state index contributed by atoms with van der Waals surface area (Å²) in [5.41, 5.74) is 7.51. The standard InChI is InChI=1S/C26H29FN8O2/c1-29-26-24(25(28)37)20(31-35(26)18-13-33(14-18)23(36)5-4-10-32(2)3)9-6-16-11-21-22(12-19(16)27)34(15-30-21)17-7-8-17/h4-5,11-12,15,17-18,29H,7-8,10,13-14H2,1-3H3,(H2,28,37)/b5-4+. The maximum Gasteiger partial charge on any atom is 0.255 e. The normalized spacial score (nSPS) is 15.8. The van der Waals surface area contributed by atoms with Crippen molar-refractivity contribution in [1.29, 1.82) is 0 Å². The number of nitrogens with zero attached hydrogens (tertiary/aromatic N) is 6. The number of halogens is 1. The number of imidazole rings is 1. The number of carbonyl (C=O) groups excluding carboxylic acids is 2. The van der Waals surface area contributed by atoms with Gasteiger partial charge in [0.25, 0.3) is 5.91 Å². The highest BCUT2D eigenvalue weighted by molar-refractivity contribution is 6.00. The molecule has 10 nitrogen and oxygen atoms in total. The number of fused-ring (bicyclic) bond motifs is 1. The van der Waals surface area contributed by atoms with Crippen molar-refractivity contribution >= 4 is 28.7 Å². The van der Waals surface area contributed by atoms with Crippen LogP contribution in [0.2, 0.25) is 0 Å². The molecule has 37 heavy (non-hydrogen) atoms. The monoisotopic (exact) mass is 504 g/mol. The first-order chi connectivity index (χ1) is 17.8. The Kier molecular flexibility index (Phi) is 6.43. The third kappa shape index (κ3) is 4.80. The molecule has 1 saturated heterocycles. The smallest absolute Gasteiger partial charge is 0.255 e. The minimum atomic E-state index is -0.696. The Morgan fingerprint density at radius 1 is 1.24 bits per heavy atom. The van der Waals surface area contributed by atoms with E-state index in [4.69, 9.17) is 5.73 Å². The van der Waals surface area contributed by atoms with Gasteiger partial charge in [-0.3, -0.25) is 9.59 Å². The van der Waals surface area contributed by atoms with Crippen molar-refractivity contribution in [2.45, 2.75) is 24.9 Å². The minimum Gasteiger partial charge on any atom is -0.373 e. The van der Waals surface area contributed by atoms with Crippen LogP contribution in [0.25, 0.3) is 11.0 Å². The summed E-state index contributed by atoms with van der Waals surface area (Å²) in [4.78, 5) is 32.7. The van der Waals surface area contributed by atoms with Crippen molar-refractivity contribution in [3.05, 3.63) is 53.3 Å². The van der Waals surface area contributed by atoms with Crippen molar-refractivity contribution in [3.63, 3.8) is 0 Å². The summed E-state index contributed by atoms with van der Waals surface area (Å²) < 4.78 is 18.5. The predicted molar refractivity (Wildman–Crippen MR) is 138 cm³/mol. The molecule has 3 aromatic rings. The van der Waals surface area contributed by atoms with E-state index < -0.39 is 11.7 Å². The van der Waals surface area contributed by atoms with Crippen LogP contribution in [0.5, 0.6) is 0 Å². The lowest BCUT2D eigenvalue weighted by Gasteiger charge is -2.39. The summed E-state index contributed by atoms with van der Waals surface area (Å²) in [5.74, 6) is 4.81. The van der Waals surface area contributed by atoms with Crippen LogP contribution in [0.1, 0.15) is 46.5 Å². The number of likely N-dealkylation sites (tertiary alicyclic amines) is 1. The Bertz CT molecular complexity index is 1460. The van der Waals surface area contributed by atoms with Gasteiger partial charge in [-0.2, -0.15) is 5.10 Å². The Hall–Kier alpha value is -4.17. The zero-order valence-electron chi connectivity index (χ0n) is 21.0. The summed E-state index contributed by atoms with van der Waals surface area (Å²) in [7, 11) is 5.52. The van der Waals surface area contributed by atoms with E-state index in [0.717, 1.165) is 18.4 Å². The number of primary amides is 1. The highest BCUT2D eigenvalue weighted by Crippen LogP contribution is 2.37. The van der Waals surface area contributed by atoms with Gasteiger partial charge in [0, 0.05) is 44.9 Å². The fourth-order valence-corrected chi connectivity index (χ4v) is 4.43. The van der Waals surface area contributed by atoms with E-state index in [9.17, 15) is 14.0 Å². The second-order valence-corrected chi connectivity index (χ2v) is 9.65.